The van der Waals surface area contributed by atoms with Gasteiger partial charge in [-0.3, -0.25) is 0 Å². The number of aryl methyl sites for hydroxylation is 1. The highest BCUT2D eigenvalue weighted by molar-refractivity contribution is 5.54. The summed E-state index contributed by atoms with van der Waals surface area (Å²) < 4.78 is 11.7. The van der Waals surface area contributed by atoms with E-state index in [1.165, 1.54) is 16.7 Å². The lowest BCUT2D eigenvalue weighted by atomic mass is 9.81. The van der Waals surface area contributed by atoms with Crippen molar-refractivity contribution in [3.8, 4) is 0 Å². The predicted octanol–water partition coefficient (Wildman–Crippen LogP) is 3.86. The molecule has 0 radical (unpaired) electrons. The van der Waals surface area contributed by atoms with Crippen molar-refractivity contribution >= 4 is 6.40 Å². The van der Waals surface area contributed by atoms with Gasteiger partial charge in [0.1, 0.15) is 11.9 Å². The molecule has 2 unspecified atom stereocenters. The highest BCUT2D eigenvalue weighted by Crippen LogP contribution is 2.42. The largest absolute Gasteiger partial charge is 0.492 e. The van der Waals surface area contributed by atoms with E-state index in [-0.39, 0.29) is 6.10 Å². The van der Waals surface area contributed by atoms with Crippen molar-refractivity contribution in [2.24, 2.45) is 4.99 Å². The van der Waals surface area contributed by atoms with Gasteiger partial charge in [-0.1, -0.05) is 24.3 Å². The number of allylic oxidation sites excluding steroid dienone is 1. The fourth-order valence-electron chi connectivity index (χ4n) is 3.59. The first kappa shape index (κ1) is 12.7. The summed E-state index contributed by atoms with van der Waals surface area (Å²) >= 11 is 0. The van der Waals surface area contributed by atoms with Crippen LogP contribution in [-0.2, 0) is 9.47 Å². The van der Waals surface area contributed by atoms with Crippen LogP contribution in [0.25, 0.3) is 0 Å². The molecule has 1 aromatic rings. The second-order valence-electron chi connectivity index (χ2n) is 6.00. The predicted molar refractivity (Wildman–Crippen MR) is 82.2 cm³/mol. The van der Waals surface area contributed by atoms with Crippen LogP contribution in [-0.4, -0.2) is 19.1 Å². The Bertz CT molecular complexity index is 657. The smallest absolute Gasteiger partial charge is 0.174 e. The molecule has 3 aliphatic rings. The molecule has 0 amide bonds. The van der Waals surface area contributed by atoms with Gasteiger partial charge in [0.05, 0.1) is 12.2 Å². The minimum atomic E-state index is 0.135. The number of hydrogen-bond acceptors (Lipinski definition) is 3. The fraction of sp³-hybridized carbons (Fsp3) is 0.389. The van der Waals surface area contributed by atoms with E-state index in [9.17, 15) is 0 Å². The van der Waals surface area contributed by atoms with E-state index in [4.69, 9.17) is 9.47 Å². The van der Waals surface area contributed by atoms with Gasteiger partial charge >= 0.3 is 0 Å². The van der Waals surface area contributed by atoms with Gasteiger partial charge in [-0.15, -0.1) is 0 Å². The topological polar surface area (TPSA) is 30.8 Å². The Kier molecular flexibility index (Phi) is 3.06. The first-order valence-electron chi connectivity index (χ1n) is 7.61. The molecule has 2 aliphatic heterocycles. The number of ether oxygens (including phenoxy) is 2. The van der Waals surface area contributed by atoms with Crippen molar-refractivity contribution in [1.29, 1.82) is 0 Å². The van der Waals surface area contributed by atoms with E-state index < -0.39 is 0 Å². The average molecular weight is 281 g/mol. The van der Waals surface area contributed by atoms with E-state index in [0.717, 1.165) is 37.2 Å². The standard InChI is InChI=1S/C18H19NO2/c1-12-4-2-3-5-15(12)14-8-13-6-7-17-16(9-19-11-21-17)18(13)20-10-14/h2-5,9,11,14,17H,6-8,10H2,1H3. The molecule has 21 heavy (non-hydrogen) atoms. The van der Waals surface area contributed by atoms with Gasteiger partial charge in [-0.25, -0.2) is 4.99 Å². The minimum absolute atomic E-state index is 0.135. The molecule has 2 atom stereocenters. The van der Waals surface area contributed by atoms with Crippen molar-refractivity contribution < 1.29 is 9.47 Å². The molecule has 3 nitrogen and oxygen atoms in total. The second kappa shape index (κ2) is 5.06. The molecule has 1 aliphatic carbocycles. The quantitative estimate of drug-likeness (QED) is 0.782. The number of rotatable bonds is 1. The lowest BCUT2D eigenvalue weighted by molar-refractivity contribution is 0.135. The van der Waals surface area contributed by atoms with Crippen molar-refractivity contribution in [3.05, 3.63) is 58.5 Å². The molecule has 3 heteroatoms. The van der Waals surface area contributed by atoms with Crippen molar-refractivity contribution in [2.45, 2.75) is 38.2 Å². The third-order valence-corrected chi connectivity index (χ3v) is 4.69. The van der Waals surface area contributed by atoms with Crippen LogP contribution in [0, 0.1) is 6.92 Å². The zero-order valence-corrected chi connectivity index (χ0v) is 12.2. The van der Waals surface area contributed by atoms with E-state index >= 15 is 0 Å². The lowest BCUT2D eigenvalue weighted by Gasteiger charge is -2.36. The van der Waals surface area contributed by atoms with Gasteiger partial charge < -0.3 is 9.47 Å². The number of fused-ring (bicyclic) bond motifs is 2. The van der Waals surface area contributed by atoms with Crippen molar-refractivity contribution in [2.75, 3.05) is 6.61 Å². The molecular formula is C18H19NO2. The number of hydrogen-bond donors (Lipinski definition) is 0. The Morgan fingerprint density at radius 2 is 2.14 bits per heavy atom. The molecule has 0 saturated heterocycles. The monoisotopic (exact) mass is 281 g/mol. The Labute approximate surface area is 125 Å². The van der Waals surface area contributed by atoms with Gasteiger partial charge in [0.2, 0.25) is 0 Å². The first-order valence-corrected chi connectivity index (χ1v) is 7.61. The molecule has 4 rings (SSSR count). The van der Waals surface area contributed by atoms with Crippen LogP contribution in [0.1, 0.15) is 36.3 Å². The summed E-state index contributed by atoms with van der Waals surface area (Å²) in [5, 5.41) is 0. The molecule has 1 aromatic carbocycles. The van der Waals surface area contributed by atoms with Crippen LogP contribution in [0.15, 0.2) is 52.4 Å². The third kappa shape index (κ3) is 2.17. The molecule has 0 spiro atoms. The Balaban J connectivity index is 1.64. The van der Waals surface area contributed by atoms with E-state index in [1.807, 2.05) is 6.20 Å². The van der Waals surface area contributed by atoms with E-state index in [0.29, 0.717) is 5.92 Å². The Morgan fingerprint density at radius 1 is 1.24 bits per heavy atom. The van der Waals surface area contributed by atoms with Crippen LogP contribution in [0.5, 0.6) is 0 Å². The molecular weight excluding hydrogens is 262 g/mol. The average Bonchev–Trinajstić information content (AvgIpc) is 2.54. The number of benzene rings is 1. The highest BCUT2D eigenvalue weighted by atomic mass is 16.5. The van der Waals surface area contributed by atoms with Gasteiger partial charge in [0, 0.05) is 12.1 Å². The summed E-state index contributed by atoms with van der Waals surface area (Å²) in [6, 6.07) is 8.63. The van der Waals surface area contributed by atoms with Gasteiger partial charge in [0.15, 0.2) is 6.40 Å². The zero-order chi connectivity index (χ0) is 14.2. The van der Waals surface area contributed by atoms with E-state index in [1.54, 1.807) is 6.40 Å². The Morgan fingerprint density at radius 3 is 3.05 bits per heavy atom. The highest BCUT2D eigenvalue weighted by Gasteiger charge is 2.34. The molecule has 0 aromatic heterocycles. The van der Waals surface area contributed by atoms with Gasteiger partial charge in [0.25, 0.3) is 0 Å². The summed E-state index contributed by atoms with van der Waals surface area (Å²) in [5.41, 5.74) is 5.33. The Hall–Kier alpha value is -2.03. The third-order valence-electron chi connectivity index (χ3n) is 4.69. The lowest BCUT2D eigenvalue weighted by Crippen LogP contribution is -2.29. The van der Waals surface area contributed by atoms with Crippen LogP contribution in [0.4, 0.5) is 0 Å². The van der Waals surface area contributed by atoms with Crippen LogP contribution >= 0.6 is 0 Å². The maximum Gasteiger partial charge on any atom is 0.174 e. The zero-order valence-electron chi connectivity index (χ0n) is 12.2. The molecule has 2 heterocycles. The maximum absolute atomic E-state index is 6.13. The summed E-state index contributed by atoms with van der Waals surface area (Å²) in [7, 11) is 0. The minimum Gasteiger partial charge on any atom is -0.492 e. The normalized spacial score (nSPS) is 27.2. The molecule has 0 fully saturated rings. The molecule has 0 saturated carbocycles. The second-order valence-corrected chi connectivity index (χ2v) is 6.00. The molecule has 108 valence electrons. The molecule has 0 bridgehead atoms. The molecule has 0 N–H and O–H groups in total. The number of aliphatic imine (C=N–C) groups is 1. The van der Waals surface area contributed by atoms with Gasteiger partial charge in [-0.05, 0) is 42.9 Å². The van der Waals surface area contributed by atoms with Gasteiger partial charge in [-0.2, -0.15) is 0 Å². The summed E-state index contributed by atoms with van der Waals surface area (Å²) in [6.45, 7) is 2.93. The summed E-state index contributed by atoms with van der Waals surface area (Å²) in [5.74, 6) is 1.52. The first-order chi connectivity index (χ1) is 10.3. The maximum atomic E-state index is 6.13. The van der Waals surface area contributed by atoms with Crippen LogP contribution in [0.3, 0.4) is 0 Å². The SMILES string of the molecule is Cc1ccccc1C1COC2=C(CCC3OC=NC=C23)C1. The van der Waals surface area contributed by atoms with Crippen molar-refractivity contribution in [1.82, 2.24) is 0 Å². The number of nitrogens with zero attached hydrogens (tertiary/aromatic N) is 1. The van der Waals surface area contributed by atoms with Crippen LogP contribution in [0.2, 0.25) is 0 Å². The van der Waals surface area contributed by atoms with Crippen LogP contribution < -0.4 is 0 Å². The van der Waals surface area contributed by atoms with E-state index in [2.05, 4.69) is 36.2 Å². The van der Waals surface area contributed by atoms with Crippen molar-refractivity contribution in [3.63, 3.8) is 0 Å². The summed E-state index contributed by atoms with van der Waals surface area (Å²) in [6.07, 6.45) is 6.76. The summed E-state index contributed by atoms with van der Waals surface area (Å²) in [4.78, 5) is 4.12. The fourth-order valence-corrected chi connectivity index (χ4v) is 3.59.